The van der Waals surface area contributed by atoms with Crippen LogP contribution in [0.3, 0.4) is 0 Å². The molecule has 0 N–H and O–H groups in total. The lowest BCUT2D eigenvalue weighted by Crippen LogP contribution is -2.59. The van der Waals surface area contributed by atoms with Gasteiger partial charge in [-0.25, -0.2) is 4.98 Å². The van der Waals surface area contributed by atoms with Gasteiger partial charge in [-0.05, 0) is 12.1 Å². The van der Waals surface area contributed by atoms with Crippen molar-refractivity contribution in [2.75, 3.05) is 39.3 Å². The lowest BCUT2D eigenvalue weighted by molar-refractivity contribution is -0.141. The normalized spacial score (nSPS) is 17.6. The molecule has 2 aromatic rings. The molecule has 0 bridgehead atoms. The van der Waals surface area contributed by atoms with Gasteiger partial charge < -0.3 is 19.1 Å². The molecule has 2 saturated heterocycles. The summed E-state index contributed by atoms with van der Waals surface area (Å²) in [5.74, 6) is -0.217. The molecule has 0 atom stereocenters. The molecule has 27 heavy (non-hydrogen) atoms. The first-order chi connectivity index (χ1) is 13.1. The maximum Gasteiger partial charge on any atom is 0.289 e. The number of amides is 3. The van der Waals surface area contributed by atoms with Crippen LogP contribution in [-0.4, -0.2) is 81.7 Å². The standard InChI is InChI=1S/C18H19N5O4/c24-16(13-11-23(12-13)17(25)14-10-19-3-4-20-14)21-5-7-22(8-6-21)18(26)15-2-1-9-27-15/h1-4,9-10,13H,5-8,11-12H2. The van der Waals surface area contributed by atoms with Gasteiger partial charge in [0.25, 0.3) is 11.8 Å². The largest absolute Gasteiger partial charge is 0.459 e. The van der Waals surface area contributed by atoms with Crippen molar-refractivity contribution in [2.45, 2.75) is 0 Å². The van der Waals surface area contributed by atoms with Crippen LogP contribution >= 0.6 is 0 Å². The SMILES string of the molecule is O=C(c1cnccn1)N1CC(C(=O)N2CCN(C(=O)c3ccco3)CC2)C1. The van der Waals surface area contributed by atoms with Crippen LogP contribution < -0.4 is 0 Å². The van der Waals surface area contributed by atoms with Crippen LogP contribution in [0.1, 0.15) is 21.0 Å². The summed E-state index contributed by atoms with van der Waals surface area (Å²) in [6, 6.07) is 3.31. The topological polar surface area (TPSA) is 99.9 Å². The summed E-state index contributed by atoms with van der Waals surface area (Å²) in [6.45, 7) is 2.69. The second-order valence-corrected chi connectivity index (χ2v) is 6.59. The van der Waals surface area contributed by atoms with E-state index >= 15 is 0 Å². The van der Waals surface area contributed by atoms with Gasteiger partial charge in [-0.15, -0.1) is 0 Å². The van der Waals surface area contributed by atoms with Crippen LogP contribution in [0, 0.1) is 5.92 Å². The molecule has 3 amide bonds. The molecule has 9 heteroatoms. The molecule has 4 heterocycles. The number of carbonyl (C=O) groups is 3. The number of nitrogens with zero attached hydrogens (tertiary/aromatic N) is 5. The summed E-state index contributed by atoms with van der Waals surface area (Å²) < 4.78 is 5.14. The van der Waals surface area contributed by atoms with E-state index in [1.807, 2.05) is 0 Å². The van der Waals surface area contributed by atoms with Gasteiger partial charge in [0, 0.05) is 51.7 Å². The first-order valence-electron chi connectivity index (χ1n) is 8.80. The third-order valence-electron chi connectivity index (χ3n) is 4.91. The van der Waals surface area contributed by atoms with Gasteiger partial charge in [-0.2, -0.15) is 0 Å². The summed E-state index contributed by atoms with van der Waals surface area (Å²) in [4.78, 5) is 50.1. The summed E-state index contributed by atoms with van der Waals surface area (Å²) in [5, 5.41) is 0. The van der Waals surface area contributed by atoms with Gasteiger partial charge in [-0.1, -0.05) is 0 Å². The predicted octanol–water partition coefficient (Wildman–Crippen LogP) is 0.126. The van der Waals surface area contributed by atoms with E-state index in [0.29, 0.717) is 45.0 Å². The van der Waals surface area contributed by atoms with E-state index in [-0.39, 0.29) is 29.3 Å². The van der Waals surface area contributed by atoms with E-state index < -0.39 is 0 Å². The molecule has 2 aliphatic heterocycles. The molecule has 0 radical (unpaired) electrons. The van der Waals surface area contributed by atoms with E-state index in [9.17, 15) is 14.4 Å². The van der Waals surface area contributed by atoms with Crippen molar-refractivity contribution in [3.8, 4) is 0 Å². The third kappa shape index (κ3) is 3.40. The first-order valence-corrected chi connectivity index (χ1v) is 8.80. The second-order valence-electron chi connectivity index (χ2n) is 6.59. The van der Waals surface area contributed by atoms with Crippen LogP contribution in [0.25, 0.3) is 0 Å². The highest BCUT2D eigenvalue weighted by molar-refractivity contribution is 5.94. The minimum atomic E-state index is -0.207. The van der Waals surface area contributed by atoms with E-state index in [1.54, 1.807) is 26.8 Å². The Labute approximate surface area is 155 Å². The second kappa shape index (κ2) is 7.18. The Morgan fingerprint density at radius 2 is 1.70 bits per heavy atom. The Morgan fingerprint density at radius 3 is 2.33 bits per heavy atom. The number of carbonyl (C=O) groups excluding carboxylic acids is 3. The number of furan rings is 1. The maximum absolute atomic E-state index is 12.6. The predicted molar refractivity (Wildman–Crippen MR) is 92.6 cm³/mol. The molecular weight excluding hydrogens is 350 g/mol. The fourth-order valence-electron chi connectivity index (χ4n) is 3.32. The highest BCUT2D eigenvalue weighted by Gasteiger charge is 2.39. The molecule has 0 aliphatic carbocycles. The van der Waals surface area contributed by atoms with Crippen LogP contribution in [-0.2, 0) is 4.79 Å². The van der Waals surface area contributed by atoms with Gasteiger partial charge in [-0.3, -0.25) is 19.4 Å². The van der Waals surface area contributed by atoms with Crippen molar-refractivity contribution in [3.05, 3.63) is 48.4 Å². The summed E-state index contributed by atoms with van der Waals surface area (Å²) in [6.07, 6.45) is 5.87. The van der Waals surface area contributed by atoms with Crippen molar-refractivity contribution in [1.82, 2.24) is 24.7 Å². The third-order valence-corrected chi connectivity index (χ3v) is 4.91. The monoisotopic (exact) mass is 369 g/mol. The zero-order valence-corrected chi connectivity index (χ0v) is 14.7. The Bertz CT molecular complexity index is 825. The maximum atomic E-state index is 12.6. The minimum Gasteiger partial charge on any atom is -0.459 e. The fourth-order valence-corrected chi connectivity index (χ4v) is 3.32. The number of likely N-dealkylation sites (tertiary alicyclic amines) is 1. The molecule has 2 aromatic heterocycles. The molecule has 0 saturated carbocycles. The van der Waals surface area contributed by atoms with Gasteiger partial charge in [0.1, 0.15) is 5.69 Å². The van der Waals surface area contributed by atoms with Gasteiger partial charge in [0.05, 0.1) is 18.4 Å². The van der Waals surface area contributed by atoms with E-state index in [0.717, 1.165) is 0 Å². The number of hydrogen-bond acceptors (Lipinski definition) is 6. The van der Waals surface area contributed by atoms with Gasteiger partial charge in [0.15, 0.2) is 5.76 Å². The molecule has 0 unspecified atom stereocenters. The van der Waals surface area contributed by atoms with E-state index in [1.165, 1.54) is 24.9 Å². The van der Waals surface area contributed by atoms with E-state index in [4.69, 9.17) is 4.42 Å². The van der Waals surface area contributed by atoms with Crippen molar-refractivity contribution < 1.29 is 18.8 Å². The smallest absolute Gasteiger partial charge is 0.289 e. The van der Waals surface area contributed by atoms with Crippen LogP contribution in [0.15, 0.2) is 41.4 Å². The molecule has 0 aromatic carbocycles. The van der Waals surface area contributed by atoms with E-state index in [2.05, 4.69) is 9.97 Å². The molecule has 2 fully saturated rings. The molecule has 140 valence electrons. The van der Waals surface area contributed by atoms with Gasteiger partial charge >= 0.3 is 0 Å². The summed E-state index contributed by atoms with van der Waals surface area (Å²) >= 11 is 0. The van der Waals surface area contributed by atoms with Crippen LogP contribution in [0.4, 0.5) is 0 Å². The molecule has 4 rings (SSSR count). The Kier molecular flexibility index (Phi) is 4.57. The Morgan fingerprint density at radius 1 is 0.963 bits per heavy atom. The Balaban J connectivity index is 1.26. The zero-order valence-electron chi connectivity index (χ0n) is 14.7. The quantitative estimate of drug-likeness (QED) is 0.762. The lowest BCUT2D eigenvalue weighted by atomic mass is 9.97. The first kappa shape index (κ1) is 17.2. The number of aromatic nitrogens is 2. The number of piperazine rings is 1. The summed E-state index contributed by atoms with van der Waals surface area (Å²) in [5.41, 5.74) is 0.286. The van der Waals surface area contributed by atoms with Gasteiger partial charge in [0.2, 0.25) is 5.91 Å². The molecule has 0 spiro atoms. The molecular formula is C18H19N5O4. The van der Waals surface area contributed by atoms with Crippen LogP contribution in [0.2, 0.25) is 0 Å². The number of rotatable bonds is 3. The van der Waals surface area contributed by atoms with Crippen LogP contribution in [0.5, 0.6) is 0 Å². The minimum absolute atomic E-state index is 0.0308. The highest BCUT2D eigenvalue weighted by Crippen LogP contribution is 2.21. The fraction of sp³-hybridized carbons (Fsp3) is 0.389. The average molecular weight is 369 g/mol. The molecule has 2 aliphatic rings. The Hall–Kier alpha value is -3.23. The summed E-state index contributed by atoms with van der Waals surface area (Å²) in [7, 11) is 0. The van der Waals surface area contributed by atoms with Crippen molar-refractivity contribution >= 4 is 17.7 Å². The number of hydrogen-bond donors (Lipinski definition) is 0. The van der Waals surface area contributed by atoms with Crippen molar-refractivity contribution in [1.29, 1.82) is 0 Å². The van der Waals surface area contributed by atoms with Crippen molar-refractivity contribution in [3.63, 3.8) is 0 Å². The average Bonchev–Trinajstić information content (AvgIpc) is 3.21. The zero-order chi connectivity index (χ0) is 18.8. The molecule has 9 nitrogen and oxygen atoms in total. The lowest BCUT2D eigenvalue weighted by Gasteiger charge is -2.42. The van der Waals surface area contributed by atoms with Crippen molar-refractivity contribution in [2.24, 2.45) is 5.92 Å². The highest BCUT2D eigenvalue weighted by atomic mass is 16.3.